The van der Waals surface area contributed by atoms with Gasteiger partial charge in [0.2, 0.25) is 0 Å². The molecule has 5 heteroatoms. The van der Waals surface area contributed by atoms with E-state index in [1.165, 1.54) is 16.0 Å². The van der Waals surface area contributed by atoms with E-state index in [4.69, 9.17) is 12.2 Å². The molecule has 126 valence electrons. The minimum Gasteiger partial charge on any atom is -0.351 e. The van der Waals surface area contributed by atoms with Crippen LogP contribution in [0.3, 0.4) is 0 Å². The summed E-state index contributed by atoms with van der Waals surface area (Å²) in [5.41, 5.74) is 4.69. The maximum atomic E-state index is 5.72. The number of hydrogen-bond donors (Lipinski definition) is 1. The minimum atomic E-state index is 0.0361. The van der Waals surface area contributed by atoms with E-state index in [-0.39, 0.29) is 12.1 Å². The lowest BCUT2D eigenvalue weighted by Crippen LogP contribution is -2.29. The van der Waals surface area contributed by atoms with Gasteiger partial charge in [0.25, 0.3) is 0 Å². The highest BCUT2D eigenvalue weighted by molar-refractivity contribution is 7.80. The van der Waals surface area contributed by atoms with Crippen LogP contribution in [-0.4, -0.2) is 10.1 Å². The Kier molecular flexibility index (Phi) is 4.27. The third kappa shape index (κ3) is 2.94. The molecular weight excluding hydrogens is 346 g/mol. The monoisotopic (exact) mass is 365 g/mol. The van der Waals surface area contributed by atoms with Crippen LogP contribution in [0.15, 0.2) is 60.1 Å². The number of thiocarbonyl (C=S) groups is 1. The van der Waals surface area contributed by atoms with Crippen LogP contribution in [0.25, 0.3) is 0 Å². The number of rotatable bonds is 3. The number of nitrogens with one attached hydrogen (secondary N) is 1. The molecule has 2 aromatic heterocycles. The lowest BCUT2D eigenvalue weighted by molar-refractivity contribution is 0.575. The Morgan fingerprint density at radius 2 is 1.96 bits per heavy atom. The number of pyridine rings is 1. The van der Waals surface area contributed by atoms with Crippen LogP contribution < -0.4 is 10.2 Å². The van der Waals surface area contributed by atoms with Gasteiger partial charge in [-0.1, -0.05) is 18.2 Å². The second-order valence-corrected chi connectivity index (χ2v) is 7.65. The predicted octanol–water partition coefficient (Wildman–Crippen LogP) is 4.94. The van der Waals surface area contributed by atoms with E-state index in [0.29, 0.717) is 0 Å². The van der Waals surface area contributed by atoms with Gasteiger partial charge in [-0.05, 0) is 72.9 Å². The van der Waals surface area contributed by atoms with Crippen molar-refractivity contribution in [3.8, 4) is 0 Å². The zero-order chi connectivity index (χ0) is 17.4. The molecule has 2 atom stereocenters. The van der Waals surface area contributed by atoms with Crippen LogP contribution in [-0.2, 0) is 0 Å². The second kappa shape index (κ2) is 6.58. The van der Waals surface area contributed by atoms with Crippen molar-refractivity contribution in [3.05, 3.63) is 81.8 Å². The predicted molar refractivity (Wildman–Crippen MR) is 108 cm³/mol. The van der Waals surface area contributed by atoms with Gasteiger partial charge in [0.15, 0.2) is 5.11 Å². The first-order chi connectivity index (χ1) is 12.1. The molecular formula is C20H19N3S2. The van der Waals surface area contributed by atoms with Gasteiger partial charge >= 0.3 is 0 Å². The Labute approximate surface area is 157 Å². The fourth-order valence-corrected chi connectivity index (χ4v) is 4.46. The molecule has 0 radical (unpaired) electrons. The van der Waals surface area contributed by atoms with Gasteiger partial charge in [-0.25, -0.2) is 0 Å². The largest absolute Gasteiger partial charge is 0.351 e. The highest BCUT2D eigenvalue weighted by Gasteiger charge is 2.41. The summed E-state index contributed by atoms with van der Waals surface area (Å²) >= 11 is 7.48. The Bertz CT molecular complexity index is 891. The molecule has 0 amide bonds. The molecule has 1 N–H and O–H groups in total. The fourth-order valence-electron chi connectivity index (χ4n) is 3.26. The van der Waals surface area contributed by atoms with Crippen molar-refractivity contribution >= 4 is 34.4 Å². The highest BCUT2D eigenvalue weighted by Crippen LogP contribution is 2.43. The number of benzene rings is 1. The summed E-state index contributed by atoms with van der Waals surface area (Å²) in [6.07, 6.45) is 1.84. The Hall–Kier alpha value is -2.24. The van der Waals surface area contributed by atoms with Gasteiger partial charge in [0, 0.05) is 16.8 Å². The molecule has 0 unspecified atom stereocenters. The van der Waals surface area contributed by atoms with E-state index in [0.717, 1.165) is 16.5 Å². The van der Waals surface area contributed by atoms with Crippen molar-refractivity contribution in [3.63, 3.8) is 0 Å². The van der Waals surface area contributed by atoms with Gasteiger partial charge < -0.3 is 10.2 Å². The maximum Gasteiger partial charge on any atom is 0.174 e. The van der Waals surface area contributed by atoms with Crippen LogP contribution in [0.1, 0.15) is 33.8 Å². The average Bonchev–Trinajstić information content (AvgIpc) is 3.25. The van der Waals surface area contributed by atoms with E-state index in [1.807, 2.05) is 18.3 Å². The van der Waals surface area contributed by atoms with Crippen molar-refractivity contribution in [2.75, 3.05) is 4.90 Å². The van der Waals surface area contributed by atoms with Crippen molar-refractivity contribution in [1.82, 2.24) is 10.3 Å². The van der Waals surface area contributed by atoms with Gasteiger partial charge in [0.05, 0.1) is 17.8 Å². The van der Waals surface area contributed by atoms with E-state index in [2.05, 4.69) is 70.8 Å². The van der Waals surface area contributed by atoms with Crippen molar-refractivity contribution in [2.45, 2.75) is 25.9 Å². The van der Waals surface area contributed by atoms with Crippen LogP contribution >= 0.6 is 23.6 Å². The normalized spacial score (nSPS) is 19.9. The summed E-state index contributed by atoms with van der Waals surface area (Å²) in [4.78, 5) is 8.08. The van der Waals surface area contributed by atoms with Gasteiger partial charge in [0.1, 0.15) is 0 Å². The maximum absolute atomic E-state index is 5.72. The van der Waals surface area contributed by atoms with Crippen LogP contribution in [0, 0.1) is 13.8 Å². The van der Waals surface area contributed by atoms with Crippen molar-refractivity contribution < 1.29 is 0 Å². The third-order valence-corrected chi connectivity index (χ3v) is 5.96. The van der Waals surface area contributed by atoms with E-state index in [1.54, 1.807) is 11.3 Å². The second-order valence-electron chi connectivity index (χ2n) is 6.28. The summed E-state index contributed by atoms with van der Waals surface area (Å²) in [5.74, 6) is 0. The number of aryl methyl sites for hydroxylation is 2. The topological polar surface area (TPSA) is 28.2 Å². The minimum absolute atomic E-state index is 0.0361. The molecule has 25 heavy (non-hydrogen) atoms. The van der Waals surface area contributed by atoms with Gasteiger partial charge in [-0.15, -0.1) is 11.3 Å². The molecule has 1 saturated heterocycles. The molecule has 3 aromatic rings. The van der Waals surface area contributed by atoms with Crippen LogP contribution in [0.5, 0.6) is 0 Å². The number of thiophene rings is 1. The molecule has 3 heterocycles. The molecule has 0 spiro atoms. The van der Waals surface area contributed by atoms with E-state index < -0.39 is 0 Å². The zero-order valence-electron chi connectivity index (χ0n) is 14.1. The van der Waals surface area contributed by atoms with Crippen molar-refractivity contribution in [1.29, 1.82) is 0 Å². The first kappa shape index (κ1) is 16.2. The third-order valence-electron chi connectivity index (χ3n) is 4.70. The number of nitrogens with zero attached hydrogens (tertiary/aromatic N) is 2. The van der Waals surface area contributed by atoms with Crippen LogP contribution in [0.4, 0.5) is 5.69 Å². The standard InChI is InChI=1S/C20H19N3S2/c1-13-8-9-15(12-14(13)2)23-19(17-7-5-11-25-17)18(22-20(23)24)16-6-3-4-10-21-16/h3-12,18-19H,1-2H3,(H,22,24)/t18-,19-/m0/s1. The number of anilines is 1. The molecule has 0 bridgehead atoms. The lowest BCUT2D eigenvalue weighted by atomic mass is 10.0. The molecule has 1 aliphatic heterocycles. The molecule has 4 rings (SSSR count). The first-order valence-corrected chi connectivity index (χ1v) is 9.55. The van der Waals surface area contributed by atoms with Gasteiger partial charge in [-0.2, -0.15) is 0 Å². The Morgan fingerprint density at radius 1 is 1.08 bits per heavy atom. The Balaban J connectivity index is 1.82. The molecule has 1 aliphatic rings. The quantitative estimate of drug-likeness (QED) is 0.666. The highest BCUT2D eigenvalue weighted by atomic mass is 32.1. The molecule has 1 fully saturated rings. The summed E-state index contributed by atoms with van der Waals surface area (Å²) in [6, 6.07) is 17.0. The summed E-state index contributed by atoms with van der Waals surface area (Å²) < 4.78 is 0. The summed E-state index contributed by atoms with van der Waals surface area (Å²) in [7, 11) is 0. The lowest BCUT2D eigenvalue weighted by Gasteiger charge is -2.27. The Morgan fingerprint density at radius 3 is 2.64 bits per heavy atom. The van der Waals surface area contributed by atoms with E-state index >= 15 is 0 Å². The number of aromatic nitrogens is 1. The van der Waals surface area contributed by atoms with Gasteiger partial charge in [-0.3, -0.25) is 4.98 Å². The average molecular weight is 366 g/mol. The first-order valence-electron chi connectivity index (χ1n) is 8.26. The molecule has 1 aromatic carbocycles. The molecule has 0 saturated carbocycles. The fraction of sp³-hybridized carbons (Fsp3) is 0.200. The SMILES string of the molecule is Cc1ccc(N2C(=S)N[C@@H](c3ccccn3)[C@@H]2c2cccs2)cc1C. The summed E-state index contributed by atoms with van der Waals surface area (Å²) in [5, 5.41) is 6.36. The molecule has 3 nitrogen and oxygen atoms in total. The van der Waals surface area contributed by atoms with Crippen LogP contribution in [0.2, 0.25) is 0 Å². The zero-order valence-corrected chi connectivity index (χ0v) is 15.8. The smallest absolute Gasteiger partial charge is 0.174 e. The van der Waals surface area contributed by atoms with E-state index in [9.17, 15) is 0 Å². The van der Waals surface area contributed by atoms with Crippen molar-refractivity contribution in [2.24, 2.45) is 0 Å². The number of hydrogen-bond acceptors (Lipinski definition) is 3. The molecule has 0 aliphatic carbocycles. The summed E-state index contributed by atoms with van der Waals surface area (Å²) in [6.45, 7) is 4.27.